The van der Waals surface area contributed by atoms with Crippen LogP contribution >= 0.6 is 0 Å². The first-order valence-corrected chi connectivity index (χ1v) is 9.15. The van der Waals surface area contributed by atoms with Gasteiger partial charge >= 0.3 is 0 Å². The van der Waals surface area contributed by atoms with Crippen LogP contribution < -0.4 is 10.0 Å². The van der Waals surface area contributed by atoms with E-state index in [1.807, 2.05) is 0 Å². The molecule has 1 aromatic rings. The number of hydrogen-bond acceptors (Lipinski definition) is 5. The molecular weight excluding hydrogens is 334 g/mol. The van der Waals surface area contributed by atoms with Crippen LogP contribution in [0.2, 0.25) is 0 Å². The normalized spacial score (nSPS) is 15.3. The summed E-state index contributed by atoms with van der Waals surface area (Å²) < 4.78 is 24.9. The summed E-state index contributed by atoms with van der Waals surface area (Å²) in [4.78, 5) is 37.6. The van der Waals surface area contributed by atoms with Crippen LogP contribution in [0.5, 0.6) is 0 Å². The topological polar surface area (TPSA) is 113 Å². The molecule has 1 heterocycles. The fraction of sp³-hybridized carbons (Fsp3) is 0.400. The maximum atomic E-state index is 12.3. The summed E-state index contributed by atoms with van der Waals surface area (Å²) in [6.45, 7) is 3.06. The van der Waals surface area contributed by atoms with E-state index in [1.54, 1.807) is 24.3 Å². The van der Waals surface area contributed by atoms with Crippen molar-refractivity contribution in [3.63, 3.8) is 0 Å². The first kappa shape index (κ1) is 18.1. The molecule has 1 atom stereocenters. The number of amides is 3. The van der Waals surface area contributed by atoms with Crippen LogP contribution in [-0.2, 0) is 14.8 Å². The van der Waals surface area contributed by atoms with E-state index in [9.17, 15) is 22.8 Å². The van der Waals surface area contributed by atoms with Crippen LogP contribution in [0.25, 0.3) is 0 Å². The Bertz CT molecular complexity index is 740. The Morgan fingerprint density at radius 3 is 2.17 bits per heavy atom. The molecule has 130 valence electrons. The quantitative estimate of drug-likeness (QED) is 0.517. The van der Waals surface area contributed by atoms with E-state index in [0.717, 1.165) is 4.90 Å². The summed E-state index contributed by atoms with van der Waals surface area (Å²) in [5.74, 6) is -1.60. The van der Waals surface area contributed by atoms with Crippen molar-refractivity contribution in [1.29, 1.82) is 0 Å². The summed E-state index contributed by atoms with van der Waals surface area (Å²) in [5, 5.41) is 2.51. The van der Waals surface area contributed by atoms with E-state index in [0.29, 0.717) is 0 Å². The largest absolute Gasteiger partial charge is 0.353 e. The standard InChI is InChI=1S/C15H19N3O5S/c1-3-24(22,23)17-9-8-16-13(19)10(2)18-14(20)11-6-4-5-7-12(11)15(18)21/h4-7,10,17H,3,8-9H2,1-2H3,(H,16,19). The Balaban J connectivity index is 1.95. The van der Waals surface area contributed by atoms with Gasteiger partial charge in [-0.1, -0.05) is 12.1 Å². The van der Waals surface area contributed by atoms with Gasteiger partial charge in [0, 0.05) is 13.1 Å². The number of imide groups is 1. The minimum Gasteiger partial charge on any atom is -0.353 e. The number of benzene rings is 1. The minimum absolute atomic E-state index is 0.0384. The molecule has 1 aromatic carbocycles. The molecule has 2 N–H and O–H groups in total. The zero-order valence-corrected chi connectivity index (χ0v) is 14.2. The van der Waals surface area contributed by atoms with Gasteiger partial charge in [0.1, 0.15) is 6.04 Å². The molecule has 9 heteroatoms. The first-order valence-electron chi connectivity index (χ1n) is 7.50. The maximum Gasteiger partial charge on any atom is 0.262 e. The lowest BCUT2D eigenvalue weighted by Crippen LogP contribution is -2.49. The highest BCUT2D eigenvalue weighted by Gasteiger charge is 2.40. The van der Waals surface area contributed by atoms with Crippen molar-refractivity contribution < 1.29 is 22.8 Å². The van der Waals surface area contributed by atoms with Gasteiger partial charge in [-0.3, -0.25) is 19.3 Å². The second-order valence-corrected chi connectivity index (χ2v) is 7.39. The van der Waals surface area contributed by atoms with Gasteiger partial charge in [-0.15, -0.1) is 0 Å². The highest BCUT2D eigenvalue weighted by molar-refractivity contribution is 7.89. The second-order valence-electron chi connectivity index (χ2n) is 5.29. The molecule has 0 saturated heterocycles. The Hall–Kier alpha value is -2.26. The van der Waals surface area contributed by atoms with Gasteiger partial charge < -0.3 is 5.32 Å². The summed E-state index contributed by atoms with van der Waals surface area (Å²) in [6.07, 6.45) is 0. The predicted octanol–water partition coefficient (Wildman–Crippen LogP) is -0.273. The molecule has 24 heavy (non-hydrogen) atoms. The summed E-state index contributed by atoms with van der Waals surface area (Å²) in [6, 6.07) is 5.40. The molecule has 0 spiro atoms. The van der Waals surface area contributed by atoms with Crippen LogP contribution in [0, 0.1) is 0 Å². The Morgan fingerprint density at radius 1 is 1.12 bits per heavy atom. The molecule has 1 unspecified atom stereocenters. The Kier molecular flexibility index (Phi) is 5.35. The minimum atomic E-state index is -3.33. The third-order valence-electron chi connectivity index (χ3n) is 3.72. The second kappa shape index (κ2) is 7.10. The van der Waals surface area contributed by atoms with Gasteiger partial charge in [0.05, 0.1) is 16.9 Å². The van der Waals surface area contributed by atoms with Gasteiger partial charge in [-0.2, -0.15) is 0 Å². The number of nitrogens with zero attached hydrogens (tertiary/aromatic N) is 1. The van der Waals surface area contributed by atoms with Crippen molar-refractivity contribution in [2.45, 2.75) is 19.9 Å². The van der Waals surface area contributed by atoms with E-state index < -0.39 is 33.8 Å². The molecule has 0 aliphatic carbocycles. The average Bonchev–Trinajstić information content (AvgIpc) is 2.82. The van der Waals surface area contributed by atoms with Crippen LogP contribution in [0.4, 0.5) is 0 Å². The van der Waals surface area contributed by atoms with Crippen molar-refractivity contribution in [3.8, 4) is 0 Å². The predicted molar refractivity (Wildman–Crippen MR) is 86.9 cm³/mol. The Morgan fingerprint density at radius 2 is 1.67 bits per heavy atom. The van der Waals surface area contributed by atoms with Crippen molar-refractivity contribution in [3.05, 3.63) is 35.4 Å². The van der Waals surface area contributed by atoms with Crippen LogP contribution in [0.3, 0.4) is 0 Å². The molecule has 1 aliphatic heterocycles. The molecule has 0 fully saturated rings. The average molecular weight is 353 g/mol. The van der Waals surface area contributed by atoms with Crippen LogP contribution in [-0.4, -0.2) is 55.9 Å². The molecule has 0 bridgehead atoms. The van der Waals surface area contributed by atoms with E-state index >= 15 is 0 Å². The number of fused-ring (bicyclic) bond motifs is 1. The summed E-state index contributed by atoms with van der Waals surface area (Å²) in [5.41, 5.74) is 0.552. The van der Waals surface area contributed by atoms with Gasteiger partial charge in [-0.05, 0) is 26.0 Å². The molecule has 0 radical (unpaired) electrons. The third-order valence-corrected chi connectivity index (χ3v) is 5.12. The number of sulfonamides is 1. The lowest BCUT2D eigenvalue weighted by molar-refractivity contribution is -0.124. The fourth-order valence-electron chi connectivity index (χ4n) is 2.32. The lowest BCUT2D eigenvalue weighted by Gasteiger charge is -2.21. The monoisotopic (exact) mass is 353 g/mol. The van der Waals surface area contributed by atoms with E-state index in [4.69, 9.17) is 0 Å². The zero-order chi connectivity index (χ0) is 17.9. The number of hydrogen-bond donors (Lipinski definition) is 2. The third kappa shape index (κ3) is 3.62. The van der Waals surface area contributed by atoms with E-state index in [2.05, 4.69) is 10.0 Å². The SMILES string of the molecule is CCS(=O)(=O)NCCNC(=O)C(C)N1C(=O)c2ccccc2C1=O. The van der Waals surface area contributed by atoms with Crippen molar-refractivity contribution in [1.82, 2.24) is 14.9 Å². The van der Waals surface area contributed by atoms with Gasteiger partial charge in [0.2, 0.25) is 15.9 Å². The van der Waals surface area contributed by atoms with Crippen molar-refractivity contribution in [2.24, 2.45) is 0 Å². The molecule has 8 nitrogen and oxygen atoms in total. The molecule has 0 saturated carbocycles. The lowest BCUT2D eigenvalue weighted by atomic mass is 10.1. The first-order chi connectivity index (χ1) is 11.3. The van der Waals surface area contributed by atoms with Crippen LogP contribution in [0.15, 0.2) is 24.3 Å². The molecule has 2 rings (SSSR count). The summed E-state index contributed by atoms with van der Waals surface area (Å²) in [7, 11) is -3.33. The van der Waals surface area contributed by atoms with Crippen LogP contribution in [0.1, 0.15) is 34.6 Å². The number of carbonyl (C=O) groups excluding carboxylic acids is 3. The molecule has 0 aromatic heterocycles. The maximum absolute atomic E-state index is 12.3. The molecule has 3 amide bonds. The van der Waals surface area contributed by atoms with E-state index in [1.165, 1.54) is 13.8 Å². The van der Waals surface area contributed by atoms with Gasteiger partial charge in [0.15, 0.2) is 0 Å². The van der Waals surface area contributed by atoms with Gasteiger partial charge in [-0.25, -0.2) is 13.1 Å². The van der Waals surface area contributed by atoms with Crippen molar-refractivity contribution in [2.75, 3.05) is 18.8 Å². The fourth-order valence-corrected chi connectivity index (χ4v) is 2.94. The highest BCUT2D eigenvalue weighted by Crippen LogP contribution is 2.24. The Labute approximate surface area is 140 Å². The summed E-state index contributed by atoms with van der Waals surface area (Å²) >= 11 is 0. The van der Waals surface area contributed by atoms with Gasteiger partial charge in [0.25, 0.3) is 11.8 Å². The molecular formula is C15H19N3O5S. The zero-order valence-electron chi connectivity index (χ0n) is 13.4. The number of carbonyl (C=O) groups is 3. The molecule has 1 aliphatic rings. The van der Waals surface area contributed by atoms with E-state index in [-0.39, 0.29) is 30.0 Å². The highest BCUT2D eigenvalue weighted by atomic mass is 32.2. The van der Waals surface area contributed by atoms with Crippen molar-refractivity contribution >= 4 is 27.7 Å². The number of rotatable bonds is 7. The number of nitrogens with one attached hydrogen (secondary N) is 2. The smallest absolute Gasteiger partial charge is 0.262 e.